The second kappa shape index (κ2) is 8.35. The summed E-state index contributed by atoms with van der Waals surface area (Å²) in [5, 5.41) is 3.16. The highest BCUT2D eigenvalue weighted by Gasteiger charge is 2.35. The number of ether oxygens (including phenoxy) is 1. The summed E-state index contributed by atoms with van der Waals surface area (Å²) in [7, 11) is 1.88. The Morgan fingerprint density at radius 1 is 1.16 bits per heavy atom. The van der Waals surface area contributed by atoms with Crippen LogP contribution in [-0.2, 0) is 17.8 Å². The second-order valence-corrected chi connectivity index (χ2v) is 7.87. The summed E-state index contributed by atoms with van der Waals surface area (Å²) in [5.74, 6) is 1.77. The summed E-state index contributed by atoms with van der Waals surface area (Å²) in [6, 6.07) is 7.17. The highest BCUT2D eigenvalue weighted by molar-refractivity contribution is 7.59. The van der Waals surface area contributed by atoms with E-state index in [4.69, 9.17) is 9.72 Å². The van der Waals surface area contributed by atoms with Gasteiger partial charge < -0.3 is 15.0 Å². The van der Waals surface area contributed by atoms with Crippen LogP contribution >= 0.6 is 13.5 Å². The molecule has 10 heteroatoms. The smallest absolute Gasteiger partial charge is 0.415 e. The van der Waals surface area contributed by atoms with E-state index in [1.807, 2.05) is 26.1 Å². The molecule has 0 aromatic carbocycles. The Morgan fingerprint density at radius 3 is 2.58 bits per heavy atom. The first kappa shape index (κ1) is 21.4. The molecule has 2 fully saturated rings. The molecule has 0 saturated carbocycles. The van der Waals surface area contributed by atoms with E-state index in [-0.39, 0.29) is 25.4 Å². The van der Waals surface area contributed by atoms with Crippen LogP contribution in [0.25, 0.3) is 0 Å². The van der Waals surface area contributed by atoms with Gasteiger partial charge in [0.25, 0.3) is 5.91 Å². The van der Waals surface area contributed by atoms with Gasteiger partial charge in [-0.15, -0.1) is 0 Å². The quantitative estimate of drug-likeness (QED) is 0.758. The van der Waals surface area contributed by atoms with E-state index in [1.54, 1.807) is 17.0 Å². The summed E-state index contributed by atoms with van der Waals surface area (Å²) in [5.41, 5.74) is 2.50. The lowest BCUT2D eigenvalue weighted by molar-refractivity contribution is 0.0996. The number of hydrogen-bond acceptors (Lipinski definition) is 7. The number of carbonyl (C=O) groups excluding carboxylic acids is 2. The van der Waals surface area contributed by atoms with E-state index in [2.05, 4.69) is 15.2 Å². The predicted molar refractivity (Wildman–Crippen MR) is 122 cm³/mol. The minimum atomic E-state index is -0.414. The van der Waals surface area contributed by atoms with Gasteiger partial charge >= 0.3 is 6.09 Å². The molecule has 31 heavy (non-hydrogen) atoms. The minimum absolute atomic E-state index is 0. The molecule has 1 N–H and O–H groups in total. The van der Waals surface area contributed by atoms with Gasteiger partial charge in [-0.25, -0.2) is 14.8 Å². The molecule has 2 saturated heterocycles. The molecule has 0 unspecified atom stereocenters. The Kier molecular flexibility index (Phi) is 5.76. The number of fused-ring (bicyclic) bond motifs is 1. The van der Waals surface area contributed by atoms with Crippen LogP contribution in [0, 0.1) is 0 Å². The maximum Gasteiger partial charge on any atom is 0.415 e. The average Bonchev–Trinajstić information content (AvgIpc) is 3.20. The number of amides is 2. The lowest BCUT2D eigenvalue weighted by Crippen LogP contribution is -2.38. The van der Waals surface area contributed by atoms with Crippen LogP contribution in [0.2, 0.25) is 0 Å². The SMILES string of the molecule is CNCc1nc(N2CCC2)cc2c1CN(c1cccc(N3C(=O)OC[C@@H]3C)n1)C2=O.S. The van der Waals surface area contributed by atoms with Crippen LogP contribution in [0.4, 0.5) is 22.2 Å². The van der Waals surface area contributed by atoms with Gasteiger partial charge in [-0.2, -0.15) is 13.5 Å². The van der Waals surface area contributed by atoms with Gasteiger partial charge in [0.15, 0.2) is 0 Å². The third-order valence-electron chi connectivity index (χ3n) is 5.84. The fourth-order valence-corrected chi connectivity index (χ4v) is 4.09. The molecule has 3 aliphatic rings. The van der Waals surface area contributed by atoms with E-state index < -0.39 is 6.09 Å². The van der Waals surface area contributed by atoms with E-state index in [0.29, 0.717) is 36.9 Å². The van der Waals surface area contributed by atoms with Crippen LogP contribution in [0.5, 0.6) is 0 Å². The van der Waals surface area contributed by atoms with Crippen LogP contribution < -0.4 is 20.0 Å². The number of cyclic esters (lactones) is 1. The summed E-state index contributed by atoms with van der Waals surface area (Å²) in [6.45, 7) is 5.18. The van der Waals surface area contributed by atoms with Crippen molar-refractivity contribution in [3.8, 4) is 0 Å². The number of nitrogens with zero attached hydrogens (tertiary/aromatic N) is 5. The van der Waals surface area contributed by atoms with Crippen LogP contribution in [0.1, 0.15) is 35.0 Å². The molecular weight excluding hydrogens is 416 g/mol. The summed E-state index contributed by atoms with van der Waals surface area (Å²) >= 11 is 0. The van der Waals surface area contributed by atoms with Crippen molar-refractivity contribution in [3.63, 3.8) is 0 Å². The van der Waals surface area contributed by atoms with Gasteiger partial charge in [0.1, 0.15) is 24.1 Å². The molecular formula is C21H26N6O3S. The van der Waals surface area contributed by atoms with Crippen molar-refractivity contribution >= 4 is 42.9 Å². The van der Waals surface area contributed by atoms with Crippen molar-refractivity contribution in [2.45, 2.75) is 32.5 Å². The standard InChI is InChI=1S/C21H24N6O3.H2S/c1-13-12-30-21(29)27(13)18-6-3-5-17(24-18)26-11-15-14(20(26)28)9-19(25-7-4-8-25)23-16(15)10-22-2;/h3,5-6,9,13,22H,4,7-8,10-12H2,1-2H3;1H2/t13-;/m0./s1. The van der Waals surface area contributed by atoms with Crippen LogP contribution in [0.3, 0.4) is 0 Å². The molecule has 2 aromatic heterocycles. The molecule has 5 heterocycles. The van der Waals surface area contributed by atoms with Crippen molar-refractivity contribution < 1.29 is 14.3 Å². The van der Waals surface area contributed by atoms with Crippen molar-refractivity contribution in [3.05, 3.63) is 41.1 Å². The molecule has 2 aromatic rings. The van der Waals surface area contributed by atoms with Crippen molar-refractivity contribution in [2.75, 3.05) is 41.4 Å². The number of hydrogen-bond donors (Lipinski definition) is 1. The zero-order chi connectivity index (χ0) is 20.8. The van der Waals surface area contributed by atoms with Gasteiger partial charge in [0.2, 0.25) is 0 Å². The first-order valence-electron chi connectivity index (χ1n) is 10.2. The maximum absolute atomic E-state index is 13.3. The number of nitrogens with one attached hydrogen (secondary N) is 1. The molecule has 164 valence electrons. The summed E-state index contributed by atoms with van der Waals surface area (Å²) in [6.07, 6.45) is 0.733. The average molecular weight is 443 g/mol. The molecule has 3 aliphatic heterocycles. The van der Waals surface area contributed by atoms with Crippen LogP contribution in [0.15, 0.2) is 24.3 Å². The van der Waals surface area contributed by atoms with E-state index >= 15 is 0 Å². The number of carbonyl (C=O) groups is 2. The van der Waals surface area contributed by atoms with E-state index in [1.165, 1.54) is 4.90 Å². The van der Waals surface area contributed by atoms with E-state index in [9.17, 15) is 9.59 Å². The van der Waals surface area contributed by atoms with Crippen molar-refractivity contribution in [1.82, 2.24) is 15.3 Å². The van der Waals surface area contributed by atoms with Gasteiger partial charge in [0, 0.05) is 25.2 Å². The predicted octanol–water partition coefficient (Wildman–Crippen LogP) is 2.02. The largest absolute Gasteiger partial charge is 0.447 e. The van der Waals surface area contributed by atoms with Crippen molar-refractivity contribution in [2.24, 2.45) is 0 Å². The fraction of sp³-hybridized carbons (Fsp3) is 0.429. The zero-order valence-electron chi connectivity index (χ0n) is 17.6. The summed E-state index contributed by atoms with van der Waals surface area (Å²) in [4.78, 5) is 40.2. The third kappa shape index (κ3) is 3.59. The minimum Gasteiger partial charge on any atom is -0.447 e. The maximum atomic E-state index is 13.3. The first-order chi connectivity index (χ1) is 14.6. The second-order valence-electron chi connectivity index (χ2n) is 7.87. The highest BCUT2D eigenvalue weighted by atomic mass is 32.1. The Morgan fingerprint density at radius 2 is 1.94 bits per heavy atom. The van der Waals surface area contributed by atoms with Gasteiger partial charge in [0.05, 0.1) is 23.8 Å². The van der Waals surface area contributed by atoms with Crippen LogP contribution in [-0.4, -0.2) is 54.8 Å². The molecule has 9 nitrogen and oxygen atoms in total. The molecule has 0 radical (unpaired) electrons. The molecule has 0 bridgehead atoms. The lowest BCUT2D eigenvalue weighted by Gasteiger charge is -2.32. The topological polar surface area (TPSA) is 90.9 Å². The number of rotatable bonds is 5. The lowest BCUT2D eigenvalue weighted by atomic mass is 10.1. The van der Waals surface area contributed by atoms with Crippen molar-refractivity contribution in [1.29, 1.82) is 0 Å². The monoisotopic (exact) mass is 442 g/mol. The molecule has 1 atom stereocenters. The van der Waals surface area contributed by atoms with Gasteiger partial charge in [-0.1, -0.05) is 6.07 Å². The number of aromatic nitrogens is 2. The molecule has 0 spiro atoms. The Bertz CT molecular complexity index is 1030. The Hall–Kier alpha value is -2.85. The summed E-state index contributed by atoms with van der Waals surface area (Å²) < 4.78 is 5.11. The number of anilines is 3. The Labute approximate surface area is 187 Å². The van der Waals surface area contributed by atoms with E-state index in [0.717, 1.165) is 36.6 Å². The first-order valence-corrected chi connectivity index (χ1v) is 10.2. The van der Waals surface area contributed by atoms with Gasteiger partial charge in [-0.3, -0.25) is 14.6 Å². The number of pyridine rings is 2. The third-order valence-corrected chi connectivity index (χ3v) is 5.84. The normalized spacial score (nSPS) is 19.8. The highest BCUT2D eigenvalue weighted by Crippen LogP contribution is 2.33. The zero-order valence-corrected chi connectivity index (χ0v) is 18.6. The molecule has 5 rings (SSSR count). The molecule has 2 amide bonds. The molecule has 0 aliphatic carbocycles. The Balaban J connectivity index is 0.00000231. The van der Waals surface area contributed by atoms with Gasteiger partial charge in [-0.05, 0) is 38.6 Å². The fourth-order valence-electron chi connectivity index (χ4n) is 4.09.